The molecule has 2 aromatic rings. The number of hydrogen-bond acceptors (Lipinski definition) is 4. The first-order valence-electron chi connectivity index (χ1n) is 5.73. The SMILES string of the molecule is COc1ccc(C(N)c2cnn(C)c2)c(OC)c1Br. The lowest BCUT2D eigenvalue weighted by Crippen LogP contribution is -2.13. The number of halogens is 1. The van der Waals surface area contributed by atoms with Crippen LogP contribution >= 0.6 is 15.9 Å². The van der Waals surface area contributed by atoms with E-state index in [-0.39, 0.29) is 6.04 Å². The maximum Gasteiger partial charge on any atom is 0.141 e. The van der Waals surface area contributed by atoms with Gasteiger partial charge in [-0.3, -0.25) is 4.68 Å². The van der Waals surface area contributed by atoms with Gasteiger partial charge in [-0.25, -0.2) is 0 Å². The van der Waals surface area contributed by atoms with Crippen molar-refractivity contribution in [2.45, 2.75) is 6.04 Å². The van der Waals surface area contributed by atoms with Crippen molar-refractivity contribution < 1.29 is 9.47 Å². The fourth-order valence-corrected chi connectivity index (χ4v) is 2.63. The van der Waals surface area contributed by atoms with Crippen molar-refractivity contribution in [2.75, 3.05) is 14.2 Å². The highest BCUT2D eigenvalue weighted by Gasteiger charge is 2.19. The lowest BCUT2D eigenvalue weighted by atomic mass is 10.0. The first-order chi connectivity index (χ1) is 9.08. The van der Waals surface area contributed by atoms with E-state index in [1.807, 2.05) is 25.4 Å². The van der Waals surface area contributed by atoms with Crippen molar-refractivity contribution in [1.29, 1.82) is 0 Å². The summed E-state index contributed by atoms with van der Waals surface area (Å²) in [6.07, 6.45) is 3.64. The van der Waals surface area contributed by atoms with Gasteiger partial charge in [0.2, 0.25) is 0 Å². The van der Waals surface area contributed by atoms with Gasteiger partial charge in [0.15, 0.2) is 0 Å². The average molecular weight is 326 g/mol. The van der Waals surface area contributed by atoms with Crippen LogP contribution in [0.4, 0.5) is 0 Å². The van der Waals surface area contributed by atoms with E-state index in [0.717, 1.165) is 15.6 Å². The molecule has 0 aliphatic heterocycles. The van der Waals surface area contributed by atoms with Crippen LogP contribution in [0.3, 0.4) is 0 Å². The standard InChI is InChI=1S/C13H16BrN3O2/c1-17-7-8(6-16-17)12(15)9-4-5-10(18-2)11(14)13(9)19-3/h4-7,12H,15H2,1-3H3. The summed E-state index contributed by atoms with van der Waals surface area (Å²) < 4.78 is 13.2. The first-order valence-corrected chi connectivity index (χ1v) is 6.52. The third-order valence-electron chi connectivity index (χ3n) is 2.94. The minimum absolute atomic E-state index is 0.300. The molecule has 0 fully saturated rings. The largest absolute Gasteiger partial charge is 0.495 e. The normalized spacial score (nSPS) is 12.3. The highest BCUT2D eigenvalue weighted by molar-refractivity contribution is 9.10. The van der Waals surface area contributed by atoms with Gasteiger partial charge in [0.05, 0.1) is 26.5 Å². The Balaban J connectivity index is 2.47. The second-order valence-electron chi connectivity index (χ2n) is 4.13. The number of nitrogens with two attached hydrogens (primary N) is 1. The summed E-state index contributed by atoms with van der Waals surface area (Å²) in [7, 11) is 5.08. The molecular formula is C13H16BrN3O2. The average Bonchev–Trinajstić information content (AvgIpc) is 2.84. The van der Waals surface area contributed by atoms with E-state index in [0.29, 0.717) is 11.5 Å². The molecule has 1 aromatic carbocycles. The maximum absolute atomic E-state index is 6.27. The molecule has 102 valence electrons. The number of rotatable bonds is 4. The molecule has 0 amide bonds. The number of methoxy groups -OCH3 is 2. The van der Waals surface area contributed by atoms with Crippen LogP contribution in [0.25, 0.3) is 0 Å². The van der Waals surface area contributed by atoms with Gasteiger partial charge in [-0.2, -0.15) is 5.10 Å². The Morgan fingerprint density at radius 3 is 2.58 bits per heavy atom. The topological polar surface area (TPSA) is 62.3 Å². The number of ether oxygens (including phenoxy) is 2. The number of aryl methyl sites for hydroxylation is 1. The molecule has 0 aliphatic carbocycles. The summed E-state index contributed by atoms with van der Waals surface area (Å²) in [6.45, 7) is 0. The molecule has 0 aliphatic rings. The highest BCUT2D eigenvalue weighted by Crippen LogP contribution is 2.40. The molecule has 0 bridgehead atoms. The van der Waals surface area contributed by atoms with Crippen molar-refractivity contribution in [3.8, 4) is 11.5 Å². The summed E-state index contributed by atoms with van der Waals surface area (Å²) in [5.74, 6) is 1.38. The number of nitrogens with zero attached hydrogens (tertiary/aromatic N) is 2. The van der Waals surface area contributed by atoms with Gasteiger partial charge in [-0.1, -0.05) is 0 Å². The smallest absolute Gasteiger partial charge is 0.141 e. The van der Waals surface area contributed by atoms with Crippen LogP contribution in [0.1, 0.15) is 17.2 Å². The molecule has 6 heteroatoms. The predicted molar refractivity (Wildman–Crippen MR) is 76.5 cm³/mol. The van der Waals surface area contributed by atoms with Crippen LogP contribution in [0.15, 0.2) is 29.0 Å². The van der Waals surface area contributed by atoms with Crippen LogP contribution in [-0.4, -0.2) is 24.0 Å². The summed E-state index contributed by atoms with van der Waals surface area (Å²) in [5.41, 5.74) is 8.08. The van der Waals surface area contributed by atoms with Gasteiger partial charge in [-0.15, -0.1) is 0 Å². The Kier molecular flexibility index (Phi) is 4.11. The van der Waals surface area contributed by atoms with Crippen LogP contribution in [-0.2, 0) is 7.05 Å². The molecule has 0 spiro atoms. The van der Waals surface area contributed by atoms with Gasteiger partial charge < -0.3 is 15.2 Å². The zero-order chi connectivity index (χ0) is 14.0. The molecule has 0 radical (unpaired) electrons. The molecule has 1 atom stereocenters. The van der Waals surface area contributed by atoms with Crippen LogP contribution in [0, 0.1) is 0 Å². The zero-order valence-corrected chi connectivity index (χ0v) is 12.6. The second kappa shape index (κ2) is 5.63. The summed E-state index contributed by atoms with van der Waals surface area (Å²) >= 11 is 3.47. The number of hydrogen-bond donors (Lipinski definition) is 1. The monoisotopic (exact) mass is 325 g/mol. The van der Waals surface area contributed by atoms with Gasteiger partial charge in [0.1, 0.15) is 16.0 Å². The van der Waals surface area contributed by atoms with Crippen LogP contribution in [0.5, 0.6) is 11.5 Å². The number of benzene rings is 1. The Morgan fingerprint density at radius 2 is 2.05 bits per heavy atom. The molecule has 2 N–H and O–H groups in total. The van der Waals surface area contributed by atoms with Gasteiger partial charge in [0, 0.05) is 24.4 Å². The lowest BCUT2D eigenvalue weighted by Gasteiger charge is -2.17. The van der Waals surface area contributed by atoms with Crippen molar-refractivity contribution in [1.82, 2.24) is 9.78 Å². The molecule has 1 unspecified atom stereocenters. The highest BCUT2D eigenvalue weighted by atomic mass is 79.9. The number of aromatic nitrogens is 2. The molecule has 2 rings (SSSR count). The predicted octanol–water partition coefficient (Wildman–Crippen LogP) is 2.25. The fourth-order valence-electron chi connectivity index (χ4n) is 1.94. The van der Waals surface area contributed by atoms with Crippen molar-refractivity contribution in [3.05, 3.63) is 40.1 Å². The summed E-state index contributed by atoms with van der Waals surface area (Å²) in [6, 6.07) is 3.46. The van der Waals surface area contributed by atoms with E-state index in [1.54, 1.807) is 25.1 Å². The van der Waals surface area contributed by atoms with Crippen molar-refractivity contribution in [2.24, 2.45) is 12.8 Å². The van der Waals surface area contributed by atoms with E-state index in [9.17, 15) is 0 Å². The zero-order valence-electron chi connectivity index (χ0n) is 11.1. The lowest BCUT2D eigenvalue weighted by molar-refractivity contribution is 0.385. The molecule has 0 saturated heterocycles. The summed E-state index contributed by atoms with van der Waals surface area (Å²) in [5, 5.41) is 4.13. The molecule has 19 heavy (non-hydrogen) atoms. The Hall–Kier alpha value is -1.53. The molecule has 0 saturated carbocycles. The Morgan fingerprint density at radius 1 is 1.32 bits per heavy atom. The van der Waals surface area contributed by atoms with Crippen LogP contribution in [0.2, 0.25) is 0 Å². The van der Waals surface area contributed by atoms with E-state index in [2.05, 4.69) is 21.0 Å². The van der Waals surface area contributed by atoms with E-state index < -0.39 is 0 Å². The molecule has 1 heterocycles. The van der Waals surface area contributed by atoms with Gasteiger partial charge in [0.25, 0.3) is 0 Å². The quantitative estimate of drug-likeness (QED) is 0.936. The fraction of sp³-hybridized carbons (Fsp3) is 0.308. The van der Waals surface area contributed by atoms with Gasteiger partial charge in [-0.05, 0) is 28.1 Å². The second-order valence-corrected chi connectivity index (χ2v) is 4.92. The van der Waals surface area contributed by atoms with E-state index >= 15 is 0 Å². The van der Waals surface area contributed by atoms with Crippen molar-refractivity contribution >= 4 is 15.9 Å². The van der Waals surface area contributed by atoms with E-state index in [4.69, 9.17) is 15.2 Å². The minimum atomic E-state index is -0.300. The Labute approximate surface area is 120 Å². The summed E-state index contributed by atoms with van der Waals surface area (Å²) in [4.78, 5) is 0. The van der Waals surface area contributed by atoms with Gasteiger partial charge >= 0.3 is 0 Å². The van der Waals surface area contributed by atoms with E-state index in [1.165, 1.54) is 0 Å². The third kappa shape index (κ3) is 2.59. The molecular weight excluding hydrogens is 310 g/mol. The third-order valence-corrected chi connectivity index (χ3v) is 3.69. The maximum atomic E-state index is 6.27. The minimum Gasteiger partial charge on any atom is -0.495 e. The molecule has 5 nitrogen and oxygen atoms in total. The van der Waals surface area contributed by atoms with Crippen molar-refractivity contribution in [3.63, 3.8) is 0 Å². The first kappa shape index (κ1) is 13.9. The Bertz CT molecular complexity index is 583. The van der Waals surface area contributed by atoms with Crippen LogP contribution < -0.4 is 15.2 Å². The molecule has 1 aromatic heterocycles.